The monoisotopic (exact) mass is 447 g/mol. The molecule has 1 aliphatic rings. The molecule has 3 aromatic heterocycles. The molecule has 172 valence electrons. The fourth-order valence-electron chi connectivity index (χ4n) is 4.43. The molecule has 0 bridgehead atoms. The number of likely N-dealkylation sites (tertiary alicyclic amines) is 1. The number of anilines is 1. The predicted octanol–water partition coefficient (Wildman–Crippen LogP) is 4.20. The molecule has 9 nitrogen and oxygen atoms in total. The van der Waals surface area contributed by atoms with Gasteiger partial charge in [0.15, 0.2) is 5.65 Å². The van der Waals surface area contributed by atoms with Crippen molar-refractivity contribution < 1.29 is 9.53 Å². The second kappa shape index (κ2) is 8.06. The van der Waals surface area contributed by atoms with Crippen molar-refractivity contribution in [2.24, 2.45) is 5.92 Å². The molecule has 0 unspecified atom stereocenters. The Hall–Kier alpha value is -3.62. The molecule has 5 rings (SSSR count). The van der Waals surface area contributed by atoms with Crippen molar-refractivity contribution in [3.8, 4) is 11.3 Å². The molecule has 4 heterocycles. The fraction of sp³-hybridized carbons (Fsp3) is 0.417. The molecule has 0 radical (unpaired) electrons. The molecule has 0 atom stereocenters. The van der Waals surface area contributed by atoms with Crippen LogP contribution in [0, 0.1) is 5.92 Å². The molecule has 1 amide bonds. The smallest absolute Gasteiger partial charge is 0.410 e. The number of nitrogens with zero attached hydrogens (tertiary/aromatic N) is 5. The third-order valence-corrected chi connectivity index (χ3v) is 6.08. The third kappa shape index (κ3) is 4.22. The summed E-state index contributed by atoms with van der Waals surface area (Å²) in [5.74, 6) is 0.804. The Morgan fingerprint density at radius 3 is 2.76 bits per heavy atom. The van der Waals surface area contributed by atoms with Crippen LogP contribution in [0.2, 0.25) is 0 Å². The average molecular weight is 448 g/mol. The van der Waals surface area contributed by atoms with Gasteiger partial charge in [-0.05, 0) is 57.7 Å². The molecule has 33 heavy (non-hydrogen) atoms. The third-order valence-electron chi connectivity index (χ3n) is 6.08. The largest absolute Gasteiger partial charge is 0.444 e. The number of H-pyrrole nitrogens is 1. The second-order valence-electron chi connectivity index (χ2n) is 9.68. The van der Waals surface area contributed by atoms with Crippen molar-refractivity contribution >= 4 is 33.8 Å². The standard InChI is InChI=1S/C24H29N7O2/c1-24(2,3)33-23(32)30-10-7-15(8-11-30)13-31-22-19(21(25)27-14-28-22)20(29-31)17-4-5-18-16(12-17)6-9-26-18/h4-6,9,12,14-15,26H,7-8,10-11,13H2,1-3H3,(H2,25,27,28). The number of ether oxygens (including phenoxy) is 1. The Bertz CT molecular complexity index is 1310. The van der Waals surface area contributed by atoms with Crippen LogP contribution in [0.15, 0.2) is 36.8 Å². The number of aromatic nitrogens is 5. The van der Waals surface area contributed by atoms with Gasteiger partial charge in [0.1, 0.15) is 23.4 Å². The van der Waals surface area contributed by atoms with Gasteiger partial charge < -0.3 is 20.4 Å². The number of nitrogen functional groups attached to an aromatic ring is 1. The number of nitrogens with two attached hydrogens (primary N) is 1. The molecule has 1 aromatic carbocycles. The molecular weight excluding hydrogens is 418 g/mol. The molecule has 0 saturated carbocycles. The highest BCUT2D eigenvalue weighted by molar-refractivity contribution is 5.99. The number of piperidine rings is 1. The van der Waals surface area contributed by atoms with E-state index in [-0.39, 0.29) is 6.09 Å². The van der Waals surface area contributed by atoms with Gasteiger partial charge in [-0.2, -0.15) is 5.10 Å². The van der Waals surface area contributed by atoms with Gasteiger partial charge in [0.05, 0.1) is 5.39 Å². The van der Waals surface area contributed by atoms with E-state index in [1.165, 1.54) is 6.33 Å². The van der Waals surface area contributed by atoms with Gasteiger partial charge in [-0.1, -0.05) is 6.07 Å². The molecule has 3 N–H and O–H groups in total. The fourth-order valence-corrected chi connectivity index (χ4v) is 4.43. The van der Waals surface area contributed by atoms with E-state index in [4.69, 9.17) is 15.6 Å². The van der Waals surface area contributed by atoms with Crippen LogP contribution in [0.1, 0.15) is 33.6 Å². The number of fused-ring (bicyclic) bond motifs is 2. The van der Waals surface area contributed by atoms with Crippen molar-refractivity contribution in [2.75, 3.05) is 18.8 Å². The van der Waals surface area contributed by atoms with Crippen LogP contribution in [-0.2, 0) is 11.3 Å². The van der Waals surface area contributed by atoms with Gasteiger partial charge in [0.25, 0.3) is 0 Å². The van der Waals surface area contributed by atoms with Crippen LogP contribution < -0.4 is 5.73 Å². The van der Waals surface area contributed by atoms with Crippen LogP contribution >= 0.6 is 0 Å². The van der Waals surface area contributed by atoms with Crippen LogP contribution in [0.4, 0.5) is 10.6 Å². The average Bonchev–Trinajstić information content (AvgIpc) is 3.38. The highest BCUT2D eigenvalue weighted by atomic mass is 16.6. The summed E-state index contributed by atoms with van der Waals surface area (Å²) in [6.45, 7) is 7.72. The van der Waals surface area contributed by atoms with Gasteiger partial charge in [-0.3, -0.25) is 0 Å². The maximum Gasteiger partial charge on any atom is 0.410 e. The first-order valence-corrected chi connectivity index (χ1v) is 11.3. The number of amides is 1. The summed E-state index contributed by atoms with van der Waals surface area (Å²) >= 11 is 0. The van der Waals surface area contributed by atoms with Crippen LogP contribution in [0.5, 0.6) is 0 Å². The SMILES string of the molecule is CC(C)(C)OC(=O)N1CCC(Cn2nc(-c3ccc4[nH]ccc4c3)c3c(N)ncnc32)CC1. The molecule has 0 aliphatic carbocycles. The van der Waals surface area contributed by atoms with E-state index in [1.54, 1.807) is 4.90 Å². The summed E-state index contributed by atoms with van der Waals surface area (Å²) in [5, 5.41) is 6.81. The van der Waals surface area contributed by atoms with E-state index in [0.29, 0.717) is 31.4 Å². The van der Waals surface area contributed by atoms with E-state index in [1.807, 2.05) is 49.8 Å². The lowest BCUT2D eigenvalue weighted by atomic mass is 9.97. The van der Waals surface area contributed by atoms with Crippen LogP contribution in [0.25, 0.3) is 33.2 Å². The van der Waals surface area contributed by atoms with Crippen molar-refractivity contribution in [2.45, 2.75) is 45.8 Å². The first kappa shape index (κ1) is 21.2. The highest BCUT2D eigenvalue weighted by Crippen LogP contribution is 2.33. The quantitative estimate of drug-likeness (QED) is 0.486. The van der Waals surface area contributed by atoms with Gasteiger partial charge >= 0.3 is 6.09 Å². The lowest BCUT2D eigenvalue weighted by Crippen LogP contribution is -2.42. The number of hydrogen-bond donors (Lipinski definition) is 2. The molecule has 1 fully saturated rings. The van der Waals surface area contributed by atoms with Crippen molar-refractivity contribution in [3.63, 3.8) is 0 Å². The molecule has 0 spiro atoms. The van der Waals surface area contributed by atoms with E-state index in [2.05, 4.69) is 21.0 Å². The van der Waals surface area contributed by atoms with Crippen LogP contribution in [-0.4, -0.2) is 54.4 Å². The van der Waals surface area contributed by atoms with Crippen LogP contribution in [0.3, 0.4) is 0 Å². The zero-order valence-electron chi connectivity index (χ0n) is 19.2. The van der Waals surface area contributed by atoms with E-state index in [9.17, 15) is 4.79 Å². The summed E-state index contributed by atoms with van der Waals surface area (Å²) in [5.41, 5.74) is 9.36. The lowest BCUT2D eigenvalue weighted by Gasteiger charge is -2.33. The summed E-state index contributed by atoms with van der Waals surface area (Å²) < 4.78 is 7.46. The Morgan fingerprint density at radius 1 is 1.21 bits per heavy atom. The molecular formula is C24H29N7O2. The van der Waals surface area contributed by atoms with Crippen molar-refractivity contribution in [3.05, 3.63) is 36.8 Å². The Balaban J connectivity index is 1.39. The molecule has 1 aliphatic heterocycles. The van der Waals surface area contributed by atoms with Gasteiger partial charge in [-0.25, -0.2) is 19.4 Å². The van der Waals surface area contributed by atoms with E-state index >= 15 is 0 Å². The van der Waals surface area contributed by atoms with Gasteiger partial charge in [0.2, 0.25) is 0 Å². The minimum absolute atomic E-state index is 0.242. The van der Waals surface area contributed by atoms with E-state index in [0.717, 1.165) is 46.0 Å². The van der Waals surface area contributed by atoms with Crippen molar-refractivity contribution in [1.29, 1.82) is 0 Å². The number of rotatable bonds is 3. The minimum atomic E-state index is -0.485. The zero-order chi connectivity index (χ0) is 23.2. The number of hydrogen-bond acceptors (Lipinski definition) is 6. The van der Waals surface area contributed by atoms with Gasteiger partial charge in [0, 0.05) is 42.3 Å². The first-order chi connectivity index (χ1) is 15.8. The van der Waals surface area contributed by atoms with E-state index < -0.39 is 5.60 Å². The van der Waals surface area contributed by atoms with Crippen molar-refractivity contribution in [1.82, 2.24) is 29.6 Å². The maximum atomic E-state index is 12.4. The zero-order valence-corrected chi connectivity index (χ0v) is 19.2. The predicted molar refractivity (Wildman–Crippen MR) is 128 cm³/mol. The number of nitrogens with one attached hydrogen (secondary N) is 1. The molecule has 1 saturated heterocycles. The topological polar surface area (TPSA) is 115 Å². The number of carbonyl (C=O) groups is 1. The Morgan fingerprint density at radius 2 is 2.00 bits per heavy atom. The number of aromatic amines is 1. The summed E-state index contributed by atoms with van der Waals surface area (Å²) in [6, 6.07) is 8.22. The molecule has 4 aromatic rings. The summed E-state index contributed by atoms with van der Waals surface area (Å²) in [7, 11) is 0. The highest BCUT2D eigenvalue weighted by Gasteiger charge is 2.28. The Kier molecular flexibility index (Phi) is 5.19. The first-order valence-electron chi connectivity index (χ1n) is 11.3. The number of carbonyl (C=O) groups excluding carboxylic acids is 1. The normalized spacial score (nSPS) is 15.4. The summed E-state index contributed by atoms with van der Waals surface area (Å²) in [4.78, 5) is 26.1. The lowest BCUT2D eigenvalue weighted by molar-refractivity contribution is 0.0177. The summed E-state index contributed by atoms with van der Waals surface area (Å²) in [6.07, 6.45) is 4.93. The second-order valence-corrected chi connectivity index (χ2v) is 9.68. The maximum absolute atomic E-state index is 12.4. The molecule has 9 heteroatoms. The minimum Gasteiger partial charge on any atom is -0.444 e. The number of benzene rings is 1. The van der Waals surface area contributed by atoms with Gasteiger partial charge in [-0.15, -0.1) is 0 Å². The Labute approximate surface area is 191 Å².